The van der Waals surface area contributed by atoms with Crippen LogP contribution in [0.5, 0.6) is 11.5 Å². The summed E-state index contributed by atoms with van der Waals surface area (Å²) in [6.45, 7) is 6.44. The van der Waals surface area contributed by atoms with Gasteiger partial charge in [-0.05, 0) is 49.2 Å². The summed E-state index contributed by atoms with van der Waals surface area (Å²) in [6, 6.07) is 16.0. The number of rotatable bonds is 15. The molecule has 0 amide bonds. The zero-order valence-electron chi connectivity index (χ0n) is 18.0. The smallest absolute Gasteiger partial charge is 0.119 e. The van der Waals surface area contributed by atoms with Crippen LogP contribution in [0.1, 0.15) is 26.7 Å². The number of aliphatic hydroxyl groups is 2. The quantitative estimate of drug-likeness (QED) is 0.430. The molecule has 2 N–H and O–H groups in total. The molecule has 0 saturated carbocycles. The maximum Gasteiger partial charge on any atom is 0.119 e. The van der Waals surface area contributed by atoms with Crippen LogP contribution < -0.4 is 9.47 Å². The van der Waals surface area contributed by atoms with Gasteiger partial charge < -0.3 is 29.2 Å². The molecule has 6 nitrogen and oxygen atoms in total. The molecule has 6 heteroatoms. The fraction of sp³-hybridized carbons (Fsp3) is 0.500. The number of aliphatic hydroxyl groups excluding tert-OH is 2. The molecule has 2 aromatic rings. The van der Waals surface area contributed by atoms with Gasteiger partial charge in [0.15, 0.2) is 0 Å². The highest BCUT2D eigenvalue weighted by Gasteiger charge is 2.02. The highest BCUT2D eigenvalue weighted by Crippen LogP contribution is 2.24. The van der Waals surface area contributed by atoms with E-state index >= 15 is 0 Å². The van der Waals surface area contributed by atoms with Gasteiger partial charge in [0, 0.05) is 26.1 Å². The maximum absolute atomic E-state index is 9.13. The van der Waals surface area contributed by atoms with Crippen molar-refractivity contribution in [1.29, 1.82) is 0 Å². The van der Waals surface area contributed by atoms with Crippen molar-refractivity contribution in [3.05, 3.63) is 48.5 Å². The van der Waals surface area contributed by atoms with Gasteiger partial charge in [-0.25, -0.2) is 0 Å². The minimum atomic E-state index is -0.430. The third kappa shape index (κ3) is 10.1. The molecule has 166 valence electrons. The van der Waals surface area contributed by atoms with Gasteiger partial charge in [0.1, 0.15) is 11.5 Å². The van der Waals surface area contributed by atoms with E-state index in [1.807, 2.05) is 48.5 Å². The van der Waals surface area contributed by atoms with Crippen LogP contribution in [0.3, 0.4) is 0 Å². The Bertz CT molecular complexity index is 620. The average molecular weight is 419 g/mol. The third-order valence-electron chi connectivity index (χ3n) is 4.16. The summed E-state index contributed by atoms with van der Waals surface area (Å²) in [5.74, 6) is 1.65. The van der Waals surface area contributed by atoms with Gasteiger partial charge in [0.25, 0.3) is 0 Å². The van der Waals surface area contributed by atoms with Crippen LogP contribution in [0.2, 0.25) is 0 Å². The number of hydrogen-bond donors (Lipinski definition) is 2. The monoisotopic (exact) mass is 418 g/mol. The van der Waals surface area contributed by atoms with E-state index in [1.165, 1.54) is 0 Å². The second-order valence-corrected chi connectivity index (χ2v) is 7.30. The zero-order chi connectivity index (χ0) is 21.6. The van der Waals surface area contributed by atoms with Gasteiger partial charge in [-0.3, -0.25) is 0 Å². The Morgan fingerprint density at radius 2 is 0.967 bits per heavy atom. The predicted molar refractivity (Wildman–Crippen MR) is 117 cm³/mol. The van der Waals surface area contributed by atoms with E-state index in [-0.39, 0.29) is 0 Å². The molecule has 2 rings (SSSR count). The first-order valence-corrected chi connectivity index (χ1v) is 10.5. The standard InChI is InChI=1S/C24H34O6/c1-19(25)17-27-13-3-15-29-23-9-5-21(6-10-23)22-7-11-24(12-8-22)30-16-4-14-28-18-20(2)26/h5-12,19-20,25-26H,3-4,13-18H2,1-2H3. The largest absolute Gasteiger partial charge is 0.494 e. The Morgan fingerprint density at radius 3 is 1.30 bits per heavy atom. The molecular formula is C24H34O6. The molecular weight excluding hydrogens is 384 g/mol. The summed E-state index contributed by atoms with van der Waals surface area (Å²) in [4.78, 5) is 0. The Kier molecular flexibility index (Phi) is 11.3. The maximum atomic E-state index is 9.13. The first-order valence-electron chi connectivity index (χ1n) is 10.5. The van der Waals surface area contributed by atoms with Gasteiger partial charge >= 0.3 is 0 Å². The molecule has 0 radical (unpaired) electrons. The summed E-state index contributed by atoms with van der Waals surface area (Å²) in [5.41, 5.74) is 2.22. The Hall–Kier alpha value is -2.12. The lowest BCUT2D eigenvalue weighted by molar-refractivity contribution is 0.0412. The van der Waals surface area contributed by atoms with Gasteiger partial charge in [0.2, 0.25) is 0 Å². The molecule has 0 aliphatic heterocycles. The molecule has 0 aliphatic rings. The topological polar surface area (TPSA) is 77.4 Å². The summed E-state index contributed by atoms with van der Waals surface area (Å²) >= 11 is 0. The molecule has 0 heterocycles. The molecule has 30 heavy (non-hydrogen) atoms. The van der Waals surface area contributed by atoms with Gasteiger partial charge in [-0.2, -0.15) is 0 Å². The van der Waals surface area contributed by atoms with Crippen molar-refractivity contribution >= 4 is 0 Å². The van der Waals surface area contributed by atoms with Crippen molar-refractivity contribution in [1.82, 2.24) is 0 Å². The first-order chi connectivity index (χ1) is 14.5. The molecule has 0 saturated heterocycles. The molecule has 0 fully saturated rings. The van der Waals surface area contributed by atoms with Crippen molar-refractivity contribution in [2.24, 2.45) is 0 Å². The van der Waals surface area contributed by atoms with Crippen LogP contribution in [0, 0.1) is 0 Å². The lowest BCUT2D eigenvalue weighted by Gasteiger charge is -2.10. The van der Waals surface area contributed by atoms with Crippen molar-refractivity contribution in [2.45, 2.75) is 38.9 Å². The molecule has 2 aromatic carbocycles. The summed E-state index contributed by atoms with van der Waals surface area (Å²) in [6.07, 6.45) is 0.700. The molecule has 2 atom stereocenters. The SMILES string of the molecule is CC(O)COCCCOc1ccc(-c2ccc(OCCCOCC(C)O)cc2)cc1. The van der Waals surface area contributed by atoms with E-state index < -0.39 is 12.2 Å². The van der Waals surface area contributed by atoms with Crippen molar-refractivity contribution in [2.75, 3.05) is 39.6 Å². The van der Waals surface area contributed by atoms with Gasteiger partial charge in [-0.15, -0.1) is 0 Å². The summed E-state index contributed by atoms with van der Waals surface area (Å²) in [5, 5.41) is 18.3. The lowest BCUT2D eigenvalue weighted by atomic mass is 10.1. The van der Waals surface area contributed by atoms with E-state index in [0.29, 0.717) is 39.6 Å². The minimum Gasteiger partial charge on any atom is -0.494 e. The highest BCUT2D eigenvalue weighted by atomic mass is 16.5. The van der Waals surface area contributed by atoms with Crippen LogP contribution in [0.4, 0.5) is 0 Å². The van der Waals surface area contributed by atoms with Crippen molar-refractivity contribution in [3.8, 4) is 22.6 Å². The number of ether oxygens (including phenoxy) is 4. The molecule has 0 aromatic heterocycles. The fourth-order valence-corrected chi connectivity index (χ4v) is 2.70. The second kappa shape index (κ2) is 14.0. The van der Waals surface area contributed by atoms with E-state index in [4.69, 9.17) is 29.2 Å². The minimum absolute atomic E-state index is 0.358. The summed E-state index contributed by atoms with van der Waals surface area (Å²) in [7, 11) is 0. The fourth-order valence-electron chi connectivity index (χ4n) is 2.70. The molecule has 2 unspecified atom stereocenters. The third-order valence-corrected chi connectivity index (χ3v) is 4.16. The Morgan fingerprint density at radius 1 is 0.600 bits per heavy atom. The zero-order valence-corrected chi connectivity index (χ0v) is 18.0. The predicted octanol–water partition coefficient (Wildman–Crippen LogP) is 3.69. The Balaban J connectivity index is 1.68. The van der Waals surface area contributed by atoms with Crippen molar-refractivity contribution < 1.29 is 29.2 Å². The average Bonchev–Trinajstić information content (AvgIpc) is 2.73. The van der Waals surface area contributed by atoms with Crippen LogP contribution in [-0.4, -0.2) is 62.1 Å². The van der Waals surface area contributed by atoms with E-state index in [0.717, 1.165) is 35.5 Å². The van der Waals surface area contributed by atoms with E-state index in [9.17, 15) is 0 Å². The summed E-state index contributed by atoms with van der Waals surface area (Å²) < 4.78 is 22.1. The Labute approximate surface area is 179 Å². The van der Waals surface area contributed by atoms with E-state index in [2.05, 4.69) is 0 Å². The van der Waals surface area contributed by atoms with Crippen molar-refractivity contribution in [3.63, 3.8) is 0 Å². The first kappa shape index (κ1) is 24.2. The van der Waals surface area contributed by atoms with Crippen LogP contribution in [0.15, 0.2) is 48.5 Å². The van der Waals surface area contributed by atoms with Crippen LogP contribution in [-0.2, 0) is 9.47 Å². The van der Waals surface area contributed by atoms with Crippen LogP contribution in [0.25, 0.3) is 11.1 Å². The lowest BCUT2D eigenvalue weighted by Crippen LogP contribution is -2.12. The highest BCUT2D eigenvalue weighted by molar-refractivity contribution is 5.64. The molecule has 0 bridgehead atoms. The molecule has 0 spiro atoms. The number of benzene rings is 2. The van der Waals surface area contributed by atoms with Gasteiger partial charge in [0.05, 0.1) is 38.6 Å². The van der Waals surface area contributed by atoms with Gasteiger partial charge in [-0.1, -0.05) is 24.3 Å². The second-order valence-electron chi connectivity index (χ2n) is 7.30. The number of hydrogen-bond acceptors (Lipinski definition) is 6. The van der Waals surface area contributed by atoms with E-state index in [1.54, 1.807) is 13.8 Å². The van der Waals surface area contributed by atoms with Crippen LogP contribution >= 0.6 is 0 Å². The molecule has 0 aliphatic carbocycles. The normalized spacial score (nSPS) is 13.1.